The van der Waals surface area contributed by atoms with Crippen LogP contribution >= 0.6 is 0 Å². The molecule has 0 bridgehead atoms. The molecule has 2 aliphatic rings. The summed E-state index contributed by atoms with van der Waals surface area (Å²) < 4.78 is 31.7. The van der Waals surface area contributed by atoms with Gasteiger partial charge in [0.2, 0.25) is 5.91 Å². The van der Waals surface area contributed by atoms with Gasteiger partial charge in [0.15, 0.2) is 0 Å². The minimum atomic E-state index is -3.28. The second-order valence-electron chi connectivity index (χ2n) is 3.83. The molecule has 2 amide bonds. The molecule has 8 heteroatoms. The van der Waals surface area contributed by atoms with E-state index < -0.39 is 43.2 Å². The number of alkyl halides is 2. The Balaban J connectivity index is 2.18. The number of nitrogens with one attached hydrogen (secondary N) is 1. The topological polar surface area (TPSA) is 78.9 Å². The van der Waals surface area contributed by atoms with E-state index in [9.17, 15) is 18.4 Å². The normalized spacial score (nSPS) is 32.9. The van der Waals surface area contributed by atoms with E-state index in [2.05, 4.69) is 5.32 Å². The van der Waals surface area contributed by atoms with Crippen molar-refractivity contribution in [1.29, 1.82) is 0 Å². The van der Waals surface area contributed by atoms with Crippen molar-refractivity contribution in [2.75, 3.05) is 19.7 Å². The number of hydrogen-bond acceptors (Lipinski definition) is 3. The van der Waals surface area contributed by atoms with Gasteiger partial charge in [0.05, 0.1) is 12.6 Å². The van der Waals surface area contributed by atoms with Gasteiger partial charge in [-0.3, -0.25) is 4.79 Å². The Kier molecular flexibility index (Phi) is 2.45. The lowest BCUT2D eigenvalue weighted by atomic mass is 9.97. The SMILES string of the molecule is O=C1CO[C@@H]2[C@@H](CN(C(=O)O)CC2(F)F)N1. The number of likely N-dealkylation sites (tertiary alicyclic amines) is 1. The van der Waals surface area contributed by atoms with Crippen LogP contribution in [0.25, 0.3) is 0 Å². The van der Waals surface area contributed by atoms with E-state index in [-0.39, 0.29) is 6.54 Å². The molecule has 0 aromatic heterocycles. The van der Waals surface area contributed by atoms with Crippen LogP contribution in [0.5, 0.6) is 0 Å². The van der Waals surface area contributed by atoms with Gasteiger partial charge in [0, 0.05) is 6.54 Å². The second-order valence-corrected chi connectivity index (χ2v) is 3.83. The first-order valence-electron chi connectivity index (χ1n) is 4.67. The first-order valence-corrected chi connectivity index (χ1v) is 4.67. The number of carbonyl (C=O) groups is 2. The molecular formula is C8H10F2N2O4. The number of hydrogen-bond donors (Lipinski definition) is 2. The molecule has 0 aromatic rings. The van der Waals surface area contributed by atoms with Crippen molar-refractivity contribution in [3.63, 3.8) is 0 Å². The summed E-state index contributed by atoms with van der Waals surface area (Å²) in [4.78, 5) is 22.2. The van der Waals surface area contributed by atoms with Gasteiger partial charge in [-0.25, -0.2) is 13.6 Å². The van der Waals surface area contributed by atoms with Crippen LogP contribution < -0.4 is 5.32 Å². The summed E-state index contributed by atoms with van der Waals surface area (Å²) in [5.41, 5.74) is 0. The van der Waals surface area contributed by atoms with Crippen LogP contribution in [0.3, 0.4) is 0 Å². The van der Waals surface area contributed by atoms with Gasteiger partial charge in [-0.1, -0.05) is 0 Å². The van der Waals surface area contributed by atoms with Gasteiger partial charge in [0.25, 0.3) is 5.92 Å². The number of rotatable bonds is 0. The summed E-state index contributed by atoms with van der Waals surface area (Å²) in [5.74, 6) is -3.79. The van der Waals surface area contributed by atoms with Gasteiger partial charge >= 0.3 is 6.09 Å². The summed E-state index contributed by atoms with van der Waals surface area (Å²) in [7, 11) is 0. The van der Waals surface area contributed by atoms with Crippen molar-refractivity contribution in [3.8, 4) is 0 Å². The van der Waals surface area contributed by atoms with Gasteiger partial charge < -0.3 is 20.1 Å². The quantitative estimate of drug-likeness (QED) is 0.594. The molecule has 0 radical (unpaired) electrons. The molecular weight excluding hydrogens is 226 g/mol. The molecule has 2 aliphatic heterocycles. The fraction of sp³-hybridized carbons (Fsp3) is 0.750. The molecule has 16 heavy (non-hydrogen) atoms. The smallest absolute Gasteiger partial charge is 0.407 e. The molecule has 0 aliphatic carbocycles. The standard InChI is InChI=1S/C8H10F2N2O4/c9-8(10)3-12(7(14)15)1-4-6(8)16-2-5(13)11-4/h4,6H,1-3H2,(H,11,13)(H,14,15)/t4-,6-/m1/s1. The number of carbonyl (C=O) groups excluding carboxylic acids is 1. The Morgan fingerprint density at radius 3 is 2.94 bits per heavy atom. The van der Waals surface area contributed by atoms with Crippen LogP contribution in [-0.2, 0) is 9.53 Å². The van der Waals surface area contributed by atoms with Gasteiger partial charge in [-0.2, -0.15) is 0 Å². The average molecular weight is 236 g/mol. The molecule has 0 spiro atoms. The zero-order valence-electron chi connectivity index (χ0n) is 8.15. The Morgan fingerprint density at radius 1 is 1.62 bits per heavy atom. The molecule has 0 saturated carbocycles. The van der Waals surface area contributed by atoms with Crippen molar-refractivity contribution < 1.29 is 28.2 Å². The number of nitrogens with zero attached hydrogens (tertiary/aromatic N) is 1. The minimum Gasteiger partial charge on any atom is -0.465 e. The highest BCUT2D eigenvalue weighted by atomic mass is 19.3. The number of ether oxygens (including phenoxy) is 1. The van der Waals surface area contributed by atoms with Gasteiger partial charge in [-0.15, -0.1) is 0 Å². The highest BCUT2D eigenvalue weighted by Gasteiger charge is 2.54. The van der Waals surface area contributed by atoms with E-state index in [4.69, 9.17) is 9.84 Å². The fourth-order valence-corrected chi connectivity index (χ4v) is 1.96. The molecule has 0 aromatic carbocycles. The summed E-state index contributed by atoms with van der Waals surface area (Å²) in [5, 5.41) is 11.0. The fourth-order valence-electron chi connectivity index (χ4n) is 1.96. The molecule has 6 nitrogen and oxygen atoms in total. The van der Waals surface area contributed by atoms with Crippen molar-refractivity contribution in [2.45, 2.75) is 18.1 Å². The van der Waals surface area contributed by atoms with Crippen LogP contribution in [0.15, 0.2) is 0 Å². The van der Waals surface area contributed by atoms with Crippen molar-refractivity contribution in [3.05, 3.63) is 0 Å². The predicted octanol–water partition coefficient (Wildman–Crippen LogP) is -0.501. The number of fused-ring (bicyclic) bond motifs is 1. The third-order valence-electron chi connectivity index (χ3n) is 2.61. The molecule has 2 heterocycles. The maximum absolute atomic E-state index is 13.5. The van der Waals surface area contributed by atoms with Crippen LogP contribution in [0.1, 0.15) is 0 Å². The van der Waals surface area contributed by atoms with Crippen molar-refractivity contribution in [1.82, 2.24) is 10.2 Å². The summed E-state index contributed by atoms with van der Waals surface area (Å²) in [6, 6.07) is -0.985. The summed E-state index contributed by atoms with van der Waals surface area (Å²) >= 11 is 0. The lowest BCUT2D eigenvalue weighted by Gasteiger charge is -2.44. The van der Waals surface area contributed by atoms with E-state index in [0.717, 1.165) is 0 Å². The number of halogens is 2. The Hall–Kier alpha value is -1.44. The molecule has 2 atom stereocenters. The zero-order chi connectivity index (χ0) is 11.9. The van der Waals surface area contributed by atoms with Crippen LogP contribution in [0.4, 0.5) is 13.6 Å². The van der Waals surface area contributed by atoms with E-state index in [1.165, 1.54) is 0 Å². The summed E-state index contributed by atoms with van der Waals surface area (Å²) in [6.45, 7) is -1.50. The average Bonchev–Trinajstić information content (AvgIpc) is 2.15. The number of amides is 2. The van der Waals surface area contributed by atoms with Crippen molar-refractivity contribution in [2.24, 2.45) is 0 Å². The van der Waals surface area contributed by atoms with Crippen molar-refractivity contribution >= 4 is 12.0 Å². The minimum absolute atomic E-state index is 0.179. The van der Waals surface area contributed by atoms with E-state index in [1.807, 2.05) is 0 Å². The third-order valence-corrected chi connectivity index (χ3v) is 2.61. The van der Waals surface area contributed by atoms with Crippen LogP contribution in [0.2, 0.25) is 0 Å². The monoisotopic (exact) mass is 236 g/mol. The Bertz CT molecular complexity index is 336. The lowest BCUT2D eigenvalue weighted by Crippen LogP contribution is -2.68. The van der Waals surface area contributed by atoms with Crippen LogP contribution in [0, 0.1) is 0 Å². The molecule has 0 unspecified atom stereocenters. The first-order chi connectivity index (χ1) is 7.40. The summed E-state index contributed by atoms with van der Waals surface area (Å²) in [6.07, 6.45) is -2.88. The zero-order valence-corrected chi connectivity index (χ0v) is 8.15. The Labute approximate surface area is 89.2 Å². The van der Waals surface area contributed by atoms with Gasteiger partial charge in [0.1, 0.15) is 12.7 Å². The third kappa shape index (κ3) is 1.80. The first kappa shape index (κ1) is 11.1. The number of morpholine rings is 1. The van der Waals surface area contributed by atoms with Gasteiger partial charge in [-0.05, 0) is 0 Å². The molecule has 2 saturated heterocycles. The molecule has 2 fully saturated rings. The second kappa shape index (κ2) is 3.55. The van der Waals surface area contributed by atoms with E-state index in [1.54, 1.807) is 0 Å². The van der Waals surface area contributed by atoms with E-state index in [0.29, 0.717) is 4.90 Å². The molecule has 90 valence electrons. The molecule has 2 N–H and O–H groups in total. The van der Waals surface area contributed by atoms with Crippen LogP contribution in [-0.4, -0.2) is 59.8 Å². The molecule has 2 rings (SSSR count). The lowest BCUT2D eigenvalue weighted by molar-refractivity contribution is -0.196. The number of piperidine rings is 1. The maximum atomic E-state index is 13.5. The highest BCUT2D eigenvalue weighted by Crippen LogP contribution is 2.31. The Morgan fingerprint density at radius 2 is 2.31 bits per heavy atom. The number of carboxylic acid groups (broad SMARTS) is 1. The van der Waals surface area contributed by atoms with E-state index >= 15 is 0 Å². The highest BCUT2D eigenvalue weighted by molar-refractivity contribution is 5.78. The largest absolute Gasteiger partial charge is 0.465 e. The maximum Gasteiger partial charge on any atom is 0.407 e. The predicted molar refractivity (Wildman–Crippen MR) is 46.2 cm³/mol.